The topological polar surface area (TPSA) is 26.0 Å². The van der Waals surface area contributed by atoms with Gasteiger partial charge in [-0.3, -0.25) is 0 Å². The lowest BCUT2D eigenvalue weighted by atomic mass is 9.93. The van der Waals surface area contributed by atoms with Crippen molar-refractivity contribution < 1.29 is 0 Å². The van der Waals surface area contributed by atoms with E-state index in [1.807, 2.05) is 0 Å². The maximum atomic E-state index is 6.60. The van der Waals surface area contributed by atoms with Crippen LogP contribution in [0.3, 0.4) is 0 Å². The molecule has 0 spiro atoms. The number of benzene rings is 6. The molecule has 0 amide bonds. The molecule has 41 heavy (non-hydrogen) atoms. The molecule has 1 unspecified atom stereocenters. The number of fused-ring (bicyclic) bond motifs is 4. The van der Waals surface area contributed by atoms with E-state index in [4.69, 9.17) is 5.73 Å². The summed E-state index contributed by atoms with van der Waals surface area (Å²) in [6.07, 6.45) is 13.4. The number of nitrogens with two attached hydrogens (primary N) is 1. The minimum Gasteiger partial charge on any atom is -0.324 e. The highest BCUT2D eigenvalue weighted by Crippen LogP contribution is 2.30. The molecule has 0 saturated carbocycles. The van der Waals surface area contributed by atoms with Crippen LogP contribution in [0.5, 0.6) is 0 Å². The lowest BCUT2D eigenvalue weighted by Gasteiger charge is -2.15. The van der Waals surface area contributed by atoms with Crippen molar-refractivity contribution in [3.63, 3.8) is 0 Å². The van der Waals surface area contributed by atoms with Gasteiger partial charge in [0.25, 0.3) is 0 Å². The Balaban J connectivity index is 0.000000200. The summed E-state index contributed by atoms with van der Waals surface area (Å²) in [7, 11) is 0. The molecular formula is C40H45N. The zero-order valence-corrected chi connectivity index (χ0v) is 24.7. The molecule has 0 fully saturated rings. The third-order valence-corrected chi connectivity index (χ3v) is 8.41. The van der Waals surface area contributed by atoms with E-state index >= 15 is 0 Å². The van der Waals surface area contributed by atoms with Gasteiger partial charge in [0.05, 0.1) is 0 Å². The van der Waals surface area contributed by atoms with Gasteiger partial charge in [0, 0.05) is 6.04 Å². The Morgan fingerprint density at radius 3 is 1.32 bits per heavy atom. The van der Waals surface area contributed by atoms with E-state index in [0.717, 1.165) is 6.42 Å². The Morgan fingerprint density at radius 1 is 0.439 bits per heavy atom. The molecule has 0 saturated heterocycles. The first-order valence-corrected chi connectivity index (χ1v) is 15.8. The predicted octanol–water partition coefficient (Wildman–Crippen LogP) is 11.9. The molecule has 1 nitrogen and oxygen atoms in total. The van der Waals surface area contributed by atoms with Crippen LogP contribution in [0.4, 0.5) is 0 Å². The van der Waals surface area contributed by atoms with Crippen molar-refractivity contribution >= 4 is 43.1 Å². The first kappa shape index (κ1) is 28.8. The maximum Gasteiger partial charge on any atom is 0.0301 e. The smallest absolute Gasteiger partial charge is 0.0301 e. The molecule has 6 aromatic carbocycles. The molecule has 0 aromatic heterocycles. The molecule has 0 aliphatic heterocycles. The van der Waals surface area contributed by atoms with E-state index in [-0.39, 0.29) is 6.04 Å². The average Bonchev–Trinajstić information content (AvgIpc) is 3.02. The number of hydrogen-bond donors (Lipinski definition) is 1. The van der Waals surface area contributed by atoms with E-state index in [9.17, 15) is 0 Å². The zero-order valence-electron chi connectivity index (χ0n) is 24.7. The molecule has 0 heterocycles. The van der Waals surface area contributed by atoms with Gasteiger partial charge < -0.3 is 5.73 Å². The first-order valence-electron chi connectivity index (χ1n) is 15.8. The predicted molar refractivity (Wildman–Crippen MR) is 182 cm³/mol. The van der Waals surface area contributed by atoms with Crippen molar-refractivity contribution in [1.82, 2.24) is 0 Å². The van der Waals surface area contributed by atoms with Gasteiger partial charge in [-0.05, 0) is 79.3 Å². The summed E-state index contributed by atoms with van der Waals surface area (Å²) in [5.41, 5.74) is 7.90. The van der Waals surface area contributed by atoms with Crippen LogP contribution in [0.2, 0.25) is 0 Å². The fourth-order valence-corrected chi connectivity index (χ4v) is 6.03. The van der Waals surface area contributed by atoms with Crippen molar-refractivity contribution in [1.29, 1.82) is 0 Å². The largest absolute Gasteiger partial charge is 0.324 e. The molecule has 0 radical (unpaired) electrons. The highest BCUT2D eigenvalue weighted by Gasteiger charge is 2.10. The summed E-state index contributed by atoms with van der Waals surface area (Å²) in [5, 5.41) is 10.5. The molecule has 6 rings (SSSR count). The Kier molecular flexibility index (Phi) is 10.4. The Bertz CT molecular complexity index is 1580. The first-order chi connectivity index (χ1) is 20.2. The molecule has 0 bridgehead atoms. The van der Waals surface area contributed by atoms with E-state index in [0.29, 0.717) is 0 Å². The Morgan fingerprint density at radius 2 is 0.829 bits per heavy atom. The van der Waals surface area contributed by atoms with Gasteiger partial charge in [-0.15, -0.1) is 0 Å². The van der Waals surface area contributed by atoms with Crippen molar-refractivity contribution in [2.24, 2.45) is 5.73 Å². The minimum atomic E-state index is 0.138. The average molecular weight is 540 g/mol. The summed E-state index contributed by atoms with van der Waals surface area (Å²) >= 11 is 0. The highest BCUT2D eigenvalue weighted by molar-refractivity contribution is 6.00. The lowest BCUT2D eigenvalue weighted by Crippen LogP contribution is -2.10. The van der Waals surface area contributed by atoms with Gasteiger partial charge >= 0.3 is 0 Å². The molecule has 210 valence electrons. The number of unbranched alkanes of at least 4 members (excludes halogenated alkanes) is 8. The second kappa shape index (κ2) is 14.8. The summed E-state index contributed by atoms with van der Waals surface area (Å²) in [6.45, 7) is 2.28. The van der Waals surface area contributed by atoms with Crippen molar-refractivity contribution in [2.75, 3.05) is 0 Å². The van der Waals surface area contributed by atoms with Crippen molar-refractivity contribution in [2.45, 2.75) is 77.2 Å². The quantitative estimate of drug-likeness (QED) is 0.129. The Labute approximate surface area is 246 Å². The monoisotopic (exact) mass is 539 g/mol. The van der Waals surface area contributed by atoms with Gasteiger partial charge in [-0.2, -0.15) is 0 Å². The molecule has 1 atom stereocenters. The standard InChI is InChI=1S/C26H35N.C14H10/c1-2-3-4-5-6-7-8-9-10-18-26(27)24-17-13-16-23-19-21-14-11-12-15-22(21)20-25(23)24;1-2-6-12-10-14-8-4-3-7-13(14)9-11(12)5-1/h11-17,19-20,26H,2-10,18,27H2,1H3;1-10H. The second-order valence-electron chi connectivity index (χ2n) is 11.5. The van der Waals surface area contributed by atoms with E-state index < -0.39 is 0 Å². The zero-order chi connectivity index (χ0) is 28.3. The SMILES string of the molecule is CCCCCCCCCCCC(N)c1cccc2cc3ccccc3cc12.c1ccc2cc3ccccc3cc2c1. The second-order valence-corrected chi connectivity index (χ2v) is 11.5. The van der Waals surface area contributed by atoms with Crippen molar-refractivity contribution in [3.05, 3.63) is 121 Å². The van der Waals surface area contributed by atoms with Gasteiger partial charge in [0.2, 0.25) is 0 Å². The Hall–Kier alpha value is -3.68. The van der Waals surface area contributed by atoms with E-state index in [2.05, 4.69) is 122 Å². The van der Waals surface area contributed by atoms with E-state index in [1.54, 1.807) is 0 Å². The van der Waals surface area contributed by atoms with Gasteiger partial charge in [0.1, 0.15) is 0 Å². The molecule has 0 aliphatic carbocycles. The van der Waals surface area contributed by atoms with Gasteiger partial charge in [-0.25, -0.2) is 0 Å². The maximum absolute atomic E-state index is 6.60. The van der Waals surface area contributed by atoms with Crippen LogP contribution in [-0.2, 0) is 0 Å². The fraction of sp³-hybridized carbons (Fsp3) is 0.300. The van der Waals surface area contributed by atoms with Gasteiger partial charge in [-0.1, -0.05) is 156 Å². The normalized spacial score (nSPS) is 12.0. The third-order valence-electron chi connectivity index (χ3n) is 8.41. The highest BCUT2D eigenvalue weighted by atomic mass is 14.6. The third kappa shape index (κ3) is 7.75. The summed E-state index contributed by atoms with van der Waals surface area (Å²) in [6, 6.07) is 41.3. The van der Waals surface area contributed by atoms with E-state index in [1.165, 1.54) is 106 Å². The van der Waals surface area contributed by atoms with Crippen LogP contribution in [0.25, 0.3) is 43.1 Å². The van der Waals surface area contributed by atoms with Gasteiger partial charge in [0.15, 0.2) is 0 Å². The molecule has 1 heteroatoms. The lowest BCUT2D eigenvalue weighted by molar-refractivity contribution is 0.533. The number of hydrogen-bond acceptors (Lipinski definition) is 1. The number of rotatable bonds is 11. The molecule has 0 aliphatic rings. The van der Waals surface area contributed by atoms with Crippen LogP contribution in [0.1, 0.15) is 82.7 Å². The summed E-state index contributed by atoms with van der Waals surface area (Å²) < 4.78 is 0. The minimum absolute atomic E-state index is 0.138. The summed E-state index contributed by atoms with van der Waals surface area (Å²) in [5.74, 6) is 0. The van der Waals surface area contributed by atoms with Crippen molar-refractivity contribution in [3.8, 4) is 0 Å². The fourth-order valence-electron chi connectivity index (χ4n) is 6.03. The van der Waals surface area contributed by atoms with Crippen LogP contribution in [0, 0.1) is 0 Å². The van der Waals surface area contributed by atoms with Crippen LogP contribution < -0.4 is 5.73 Å². The van der Waals surface area contributed by atoms with Crippen LogP contribution >= 0.6 is 0 Å². The van der Waals surface area contributed by atoms with Crippen LogP contribution in [-0.4, -0.2) is 0 Å². The molecular weight excluding hydrogens is 494 g/mol. The van der Waals surface area contributed by atoms with Crippen LogP contribution in [0.15, 0.2) is 115 Å². The molecule has 6 aromatic rings. The molecule has 2 N–H and O–H groups in total. The summed E-state index contributed by atoms with van der Waals surface area (Å²) in [4.78, 5) is 0.